The molecule has 0 amide bonds. The van der Waals surface area contributed by atoms with Gasteiger partial charge in [-0.2, -0.15) is 0 Å². The van der Waals surface area contributed by atoms with Gasteiger partial charge in [0.25, 0.3) is 0 Å². The lowest BCUT2D eigenvalue weighted by atomic mass is 9.86. The van der Waals surface area contributed by atoms with E-state index in [4.69, 9.17) is 11.6 Å². The van der Waals surface area contributed by atoms with Crippen molar-refractivity contribution in [3.8, 4) is 0 Å². The standard InChI is InChI=1S/C11H21Cl/c1-5-6-10(9-12)7-8-11(2,3)4/h5,10H,1,6-9H2,2-4H3. The van der Waals surface area contributed by atoms with Gasteiger partial charge in [-0.15, -0.1) is 18.2 Å². The minimum Gasteiger partial charge on any atom is -0.126 e. The summed E-state index contributed by atoms with van der Waals surface area (Å²) in [6.45, 7) is 10.5. The Labute approximate surface area is 82.0 Å². The summed E-state index contributed by atoms with van der Waals surface area (Å²) in [4.78, 5) is 0. The van der Waals surface area contributed by atoms with E-state index in [2.05, 4.69) is 27.4 Å². The molecule has 0 aliphatic rings. The summed E-state index contributed by atoms with van der Waals surface area (Å²) in [6.07, 6.45) is 5.49. The fraction of sp³-hybridized carbons (Fsp3) is 0.818. The van der Waals surface area contributed by atoms with Crippen LogP contribution in [0, 0.1) is 11.3 Å². The molecule has 0 saturated heterocycles. The summed E-state index contributed by atoms with van der Waals surface area (Å²) < 4.78 is 0. The second-order valence-corrected chi connectivity index (χ2v) is 4.95. The Morgan fingerprint density at radius 2 is 2.00 bits per heavy atom. The maximum Gasteiger partial charge on any atom is 0.0254 e. The maximum atomic E-state index is 5.83. The second-order valence-electron chi connectivity index (χ2n) is 4.64. The smallest absolute Gasteiger partial charge is 0.0254 e. The molecule has 0 bridgehead atoms. The van der Waals surface area contributed by atoms with Gasteiger partial charge in [0, 0.05) is 5.88 Å². The van der Waals surface area contributed by atoms with Gasteiger partial charge in [-0.05, 0) is 30.6 Å². The third-order valence-electron chi connectivity index (χ3n) is 2.02. The van der Waals surface area contributed by atoms with E-state index < -0.39 is 0 Å². The molecule has 0 saturated carbocycles. The summed E-state index contributed by atoms with van der Waals surface area (Å²) in [7, 11) is 0. The van der Waals surface area contributed by atoms with Crippen molar-refractivity contribution in [1.82, 2.24) is 0 Å². The van der Waals surface area contributed by atoms with Crippen molar-refractivity contribution in [2.75, 3.05) is 5.88 Å². The highest BCUT2D eigenvalue weighted by atomic mass is 35.5. The number of allylic oxidation sites excluding steroid dienone is 1. The first-order chi connectivity index (χ1) is 5.49. The summed E-state index contributed by atoms with van der Waals surface area (Å²) >= 11 is 5.83. The Bertz CT molecular complexity index is 121. The molecule has 0 N–H and O–H groups in total. The van der Waals surface area contributed by atoms with Gasteiger partial charge in [0.2, 0.25) is 0 Å². The van der Waals surface area contributed by atoms with E-state index in [1.807, 2.05) is 6.08 Å². The van der Waals surface area contributed by atoms with E-state index in [1.54, 1.807) is 0 Å². The van der Waals surface area contributed by atoms with E-state index >= 15 is 0 Å². The molecule has 72 valence electrons. The summed E-state index contributed by atoms with van der Waals surface area (Å²) in [5, 5.41) is 0. The lowest BCUT2D eigenvalue weighted by Gasteiger charge is -2.21. The SMILES string of the molecule is C=CCC(CCl)CCC(C)(C)C. The number of rotatable bonds is 5. The average Bonchev–Trinajstić information content (AvgIpc) is 1.96. The molecule has 1 atom stereocenters. The molecule has 0 aromatic heterocycles. The quantitative estimate of drug-likeness (QED) is 0.447. The van der Waals surface area contributed by atoms with Crippen LogP contribution in [0.5, 0.6) is 0 Å². The molecule has 0 aliphatic carbocycles. The molecule has 0 fully saturated rings. The monoisotopic (exact) mass is 188 g/mol. The number of hydrogen-bond acceptors (Lipinski definition) is 0. The van der Waals surface area contributed by atoms with Crippen molar-refractivity contribution >= 4 is 11.6 Å². The third kappa shape index (κ3) is 6.72. The first-order valence-corrected chi connectivity index (χ1v) is 5.20. The fourth-order valence-corrected chi connectivity index (χ4v) is 1.41. The van der Waals surface area contributed by atoms with Crippen LogP contribution in [0.4, 0.5) is 0 Å². The molecule has 0 radical (unpaired) electrons. The summed E-state index contributed by atoms with van der Waals surface area (Å²) in [6, 6.07) is 0. The fourth-order valence-electron chi connectivity index (χ4n) is 1.13. The molecule has 0 heterocycles. The topological polar surface area (TPSA) is 0 Å². The first-order valence-electron chi connectivity index (χ1n) is 4.66. The van der Waals surface area contributed by atoms with Gasteiger partial charge < -0.3 is 0 Å². The molecule has 0 aromatic carbocycles. The number of halogens is 1. The highest BCUT2D eigenvalue weighted by molar-refractivity contribution is 6.18. The zero-order valence-corrected chi connectivity index (χ0v) is 9.32. The van der Waals surface area contributed by atoms with Crippen LogP contribution in [0.3, 0.4) is 0 Å². The van der Waals surface area contributed by atoms with Crippen molar-refractivity contribution in [2.45, 2.75) is 40.0 Å². The van der Waals surface area contributed by atoms with Gasteiger partial charge in [0.15, 0.2) is 0 Å². The van der Waals surface area contributed by atoms with Crippen molar-refractivity contribution in [3.63, 3.8) is 0 Å². The minimum absolute atomic E-state index is 0.436. The van der Waals surface area contributed by atoms with Crippen LogP contribution in [-0.4, -0.2) is 5.88 Å². The minimum atomic E-state index is 0.436. The number of alkyl halides is 1. The normalized spacial score (nSPS) is 14.3. The van der Waals surface area contributed by atoms with Crippen LogP contribution in [0.1, 0.15) is 40.0 Å². The van der Waals surface area contributed by atoms with E-state index in [0.717, 1.165) is 12.3 Å². The van der Waals surface area contributed by atoms with Crippen LogP contribution in [0.25, 0.3) is 0 Å². The average molecular weight is 189 g/mol. The predicted octanol–water partition coefficient (Wildman–Crippen LogP) is 4.24. The lowest BCUT2D eigenvalue weighted by molar-refractivity contribution is 0.332. The van der Waals surface area contributed by atoms with E-state index in [9.17, 15) is 0 Å². The van der Waals surface area contributed by atoms with Crippen LogP contribution < -0.4 is 0 Å². The Morgan fingerprint density at radius 1 is 1.42 bits per heavy atom. The molecule has 1 heteroatoms. The maximum absolute atomic E-state index is 5.83. The molecule has 0 nitrogen and oxygen atoms in total. The van der Waals surface area contributed by atoms with E-state index in [1.165, 1.54) is 12.8 Å². The van der Waals surface area contributed by atoms with Gasteiger partial charge >= 0.3 is 0 Å². The van der Waals surface area contributed by atoms with Gasteiger partial charge in [-0.25, -0.2) is 0 Å². The molecule has 1 unspecified atom stereocenters. The largest absolute Gasteiger partial charge is 0.126 e. The Hall–Kier alpha value is 0.0300. The molecular weight excluding hydrogens is 168 g/mol. The lowest BCUT2D eigenvalue weighted by Crippen LogP contribution is -2.09. The van der Waals surface area contributed by atoms with Crippen molar-refractivity contribution in [3.05, 3.63) is 12.7 Å². The summed E-state index contributed by atoms with van der Waals surface area (Å²) in [5.41, 5.74) is 0.436. The van der Waals surface area contributed by atoms with Crippen LogP contribution in [0.15, 0.2) is 12.7 Å². The van der Waals surface area contributed by atoms with E-state index in [-0.39, 0.29) is 0 Å². The van der Waals surface area contributed by atoms with Crippen molar-refractivity contribution < 1.29 is 0 Å². The van der Waals surface area contributed by atoms with Crippen molar-refractivity contribution in [1.29, 1.82) is 0 Å². The zero-order chi connectivity index (χ0) is 9.61. The van der Waals surface area contributed by atoms with Gasteiger partial charge in [-0.3, -0.25) is 0 Å². The highest BCUT2D eigenvalue weighted by Crippen LogP contribution is 2.25. The molecule has 0 aromatic rings. The molecule has 0 aliphatic heterocycles. The van der Waals surface area contributed by atoms with Gasteiger partial charge in [0.05, 0.1) is 0 Å². The van der Waals surface area contributed by atoms with Crippen LogP contribution >= 0.6 is 11.6 Å². The Balaban J connectivity index is 3.64. The van der Waals surface area contributed by atoms with Crippen LogP contribution in [0.2, 0.25) is 0 Å². The Morgan fingerprint density at radius 3 is 2.33 bits per heavy atom. The Kier molecular flexibility index (Phi) is 5.65. The molecule has 0 rings (SSSR count). The molecular formula is C11H21Cl. The molecule has 0 spiro atoms. The number of hydrogen-bond donors (Lipinski definition) is 0. The predicted molar refractivity (Wildman–Crippen MR) is 57.7 cm³/mol. The van der Waals surface area contributed by atoms with Gasteiger partial charge in [-0.1, -0.05) is 26.8 Å². The van der Waals surface area contributed by atoms with E-state index in [0.29, 0.717) is 11.3 Å². The van der Waals surface area contributed by atoms with Gasteiger partial charge in [0.1, 0.15) is 0 Å². The third-order valence-corrected chi connectivity index (χ3v) is 2.46. The van der Waals surface area contributed by atoms with Crippen molar-refractivity contribution in [2.24, 2.45) is 11.3 Å². The summed E-state index contributed by atoms with van der Waals surface area (Å²) in [5.74, 6) is 1.39. The van der Waals surface area contributed by atoms with Crippen LogP contribution in [-0.2, 0) is 0 Å². The first kappa shape index (κ1) is 12.0. The highest BCUT2D eigenvalue weighted by Gasteiger charge is 2.13. The zero-order valence-electron chi connectivity index (χ0n) is 8.57. The molecule has 12 heavy (non-hydrogen) atoms. The second kappa shape index (κ2) is 5.64.